The number of hydrogen-bond acceptors (Lipinski definition) is 5. The van der Waals surface area contributed by atoms with Crippen LogP contribution in [0.5, 0.6) is 0 Å². The smallest absolute Gasteiger partial charge is 0.265 e. The van der Waals surface area contributed by atoms with Crippen molar-refractivity contribution in [2.24, 2.45) is 5.92 Å². The molecule has 1 N–H and O–H groups in total. The van der Waals surface area contributed by atoms with E-state index >= 15 is 0 Å². The highest BCUT2D eigenvalue weighted by Gasteiger charge is 2.28. The second-order valence-corrected chi connectivity index (χ2v) is 12.1. The zero-order chi connectivity index (χ0) is 29.1. The standard InChI is InChI=1S/C34H40N4O2S/c1-6-24-9-8-10-25(7-2)31(24)38-30(19-22(3)4)27(33(39)37-17-15-35-16-18-37)20-28(34(38)40)32-36-29(21-41-32)26-13-11-23(5)12-14-26/h8-14,20-22,35H,6-7,15-19H2,1-5H3. The van der Waals surface area contributed by atoms with Gasteiger partial charge >= 0.3 is 0 Å². The van der Waals surface area contributed by atoms with Crippen molar-refractivity contribution in [3.63, 3.8) is 0 Å². The van der Waals surface area contributed by atoms with Gasteiger partial charge in [0.25, 0.3) is 11.5 Å². The molecule has 1 fully saturated rings. The summed E-state index contributed by atoms with van der Waals surface area (Å²) in [6, 6.07) is 16.4. The number of aryl methyl sites for hydroxylation is 3. The third-order valence-corrected chi connectivity index (χ3v) is 8.69. The van der Waals surface area contributed by atoms with Crippen LogP contribution in [0, 0.1) is 12.8 Å². The Kier molecular flexibility index (Phi) is 8.85. The molecule has 5 rings (SSSR count). The Morgan fingerprint density at radius 2 is 1.68 bits per heavy atom. The number of para-hydroxylation sites is 1. The fourth-order valence-electron chi connectivity index (χ4n) is 5.61. The highest BCUT2D eigenvalue weighted by atomic mass is 32.1. The Hall–Kier alpha value is -3.55. The lowest BCUT2D eigenvalue weighted by Gasteiger charge is -2.30. The van der Waals surface area contributed by atoms with Gasteiger partial charge in [-0.1, -0.05) is 75.7 Å². The zero-order valence-corrected chi connectivity index (χ0v) is 25.6. The maximum absolute atomic E-state index is 14.6. The summed E-state index contributed by atoms with van der Waals surface area (Å²) in [6.45, 7) is 13.4. The van der Waals surface area contributed by atoms with E-state index in [0.29, 0.717) is 35.6 Å². The van der Waals surface area contributed by atoms with Crippen LogP contribution < -0.4 is 10.9 Å². The largest absolute Gasteiger partial charge is 0.336 e. The van der Waals surface area contributed by atoms with Crippen LogP contribution in [0.3, 0.4) is 0 Å². The van der Waals surface area contributed by atoms with E-state index < -0.39 is 0 Å². The molecule has 0 radical (unpaired) electrons. The summed E-state index contributed by atoms with van der Waals surface area (Å²) < 4.78 is 1.87. The summed E-state index contributed by atoms with van der Waals surface area (Å²) in [6.07, 6.45) is 2.20. The molecule has 0 unspecified atom stereocenters. The highest BCUT2D eigenvalue weighted by molar-refractivity contribution is 7.13. The number of amides is 1. The van der Waals surface area contributed by atoms with E-state index in [4.69, 9.17) is 4.98 Å². The number of benzene rings is 2. The summed E-state index contributed by atoms with van der Waals surface area (Å²) in [4.78, 5) is 35.7. The van der Waals surface area contributed by atoms with Crippen LogP contribution in [-0.4, -0.2) is 46.5 Å². The molecule has 2 aromatic carbocycles. The molecule has 0 aliphatic carbocycles. The molecule has 41 heavy (non-hydrogen) atoms. The van der Waals surface area contributed by atoms with Crippen LogP contribution in [0.4, 0.5) is 0 Å². The molecule has 1 amide bonds. The molecule has 4 aromatic rings. The Labute approximate surface area is 247 Å². The summed E-state index contributed by atoms with van der Waals surface area (Å²) in [7, 11) is 0. The highest BCUT2D eigenvalue weighted by Crippen LogP contribution is 2.32. The van der Waals surface area contributed by atoms with Gasteiger partial charge in [0, 0.05) is 42.8 Å². The lowest BCUT2D eigenvalue weighted by atomic mass is 9.97. The minimum atomic E-state index is -0.113. The Morgan fingerprint density at radius 3 is 2.29 bits per heavy atom. The SMILES string of the molecule is CCc1cccc(CC)c1-n1c(CC(C)C)c(C(=O)N2CCNCC2)cc(-c2nc(-c3ccc(C)cc3)cs2)c1=O. The molecule has 1 saturated heterocycles. The van der Waals surface area contributed by atoms with Crippen LogP contribution in [0.15, 0.2) is 58.7 Å². The van der Waals surface area contributed by atoms with Gasteiger partial charge in [-0.25, -0.2) is 4.98 Å². The van der Waals surface area contributed by atoms with Gasteiger partial charge in [0.05, 0.1) is 22.5 Å². The molecule has 3 heterocycles. The van der Waals surface area contributed by atoms with Gasteiger partial charge < -0.3 is 10.2 Å². The first kappa shape index (κ1) is 29.0. The van der Waals surface area contributed by atoms with Crippen molar-refractivity contribution in [1.82, 2.24) is 19.8 Å². The molecule has 0 spiro atoms. The minimum Gasteiger partial charge on any atom is -0.336 e. The molecule has 7 heteroatoms. The van der Waals surface area contributed by atoms with Gasteiger partial charge in [0.2, 0.25) is 0 Å². The van der Waals surface area contributed by atoms with E-state index in [9.17, 15) is 9.59 Å². The number of aromatic nitrogens is 2. The predicted octanol–water partition coefficient (Wildman–Crippen LogP) is 6.31. The lowest BCUT2D eigenvalue weighted by molar-refractivity contribution is 0.0733. The molecule has 214 valence electrons. The molecule has 0 atom stereocenters. The minimum absolute atomic E-state index is 0.0144. The van der Waals surface area contributed by atoms with Crippen LogP contribution >= 0.6 is 11.3 Å². The van der Waals surface area contributed by atoms with Crippen LogP contribution in [0.25, 0.3) is 27.5 Å². The van der Waals surface area contributed by atoms with E-state index in [1.54, 1.807) is 0 Å². The third-order valence-electron chi connectivity index (χ3n) is 7.81. The van der Waals surface area contributed by atoms with Gasteiger partial charge in [0.1, 0.15) is 5.01 Å². The van der Waals surface area contributed by atoms with Crippen molar-refractivity contribution < 1.29 is 4.79 Å². The summed E-state index contributed by atoms with van der Waals surface area (Å²) in [5.41, 5.74) is 7.93. The molecule has 0 bridgehead atoms. The van der Waals surface area contributed by atoms with E-state index in [-0.39, 0.29) is 17.4 Å². The van der Waals surface area contributed by atoms with Crippen molar-refractivity contribution in [2.75, 3.05) is 26.2 Å². The first-order valence-electron chi connectivity index (χ1n) is 14.7. The van der Waals surface area contributed by atoms with Crippen LogP contribution in [0.1, 0.15) is 60.4 Å². The number of pyridine rings is 1. The number of carbonyl (C=O) groups is 1. The van der Waals surface area contributed by atoms with Crippen LogP contribution in [0.2, 0.25) is 0 Å². The van der Waals surface area contributed by atoms with E-state index in [0.717, 1.165) is 59.7 Å². The Morgan fingerprint density at radius 1 is 1.02 bits per heavy atom. The van der Waals surface area contributed by atoms with Crippen LogP contribution in [-0.2, 0) is 19.3 Å². The van der Waals surface area contributed by atoms with Crippen molar-refractivity contribution in [3.05, 3.63) is 92.2 Å². The topological polar surface area (TPSA) is 67.2 Å². The molecule has 0 saturated carbocycles. The average molecular weight is 569 g/mol. The fraction of sp³-hybridized carbons (Fsp3) is 0.382. The van der Waals surface area contributed by atoms with E-state index in [2.05, 4.69) is 82.4 Å². The zero-order valence-electron chi connectivity index (χ0n) is 24.8. The van der Waals surface area contributed by atoms with Gasteiger partial charge in [-0.2, -0.15) is 0 Å². The number of nitrogens with zero attached hydrogens (tertiary/aromatic N) is 3. The summed E-state index contributed by atoms with van der Waals surface area (Å²) in [5.74, 6) is 0.243. The number of hydrogen-bond donors (Lipinski definition) is 1. The van der Waals surface area contributed by atoms with Crippen molar-refractivity contribution >= 4 is 17.2 Å². The second kappa shape index (κ2) is 12.5. The maximum atomic E-state index is 14.6. The van der Waals surface area contributed by atoms with Gasteiger partial charge in [-0.3, -0.25) is 14.2 Å². The molecule has 1 aliphatic heterocycles. The second-order valence-electron chi connectivity index (χ2n) is 11.2. The number of rotatable bonds is 8. The molecule has 1 aliphatic rings. The molecular formula is C34H40N4O2S. The number of piperazine rings is 1. The molecular weight excluding hydrogens is 528 g/mol. The first-order chi connectivity index (χ1) is 19.8. The van der Waals surface area contributed by atoms with Gasteiger partial charge in [-0.15, -0.1) is 11.3 Å². The first-order valence-corrected chi connectivity index (χ1v) is 15.6. The van der Waals surface area contributed by atoms with E-state index in [1.807, 2.05) is 20.9 Å². The molecule has 6 nitrogen and oxygen atoms in total. The fourth-order valence-corrected chi connectivity index (χ4v) is 6.45. The van der Waals surface area contributed by atoms with Gasteiger partial charge in [0.15, 0.2) is 0 Å². The number of nitrogens with one attached hydrogen (secondary N) is 1. The Bertz CT molecular complexity index is 1570. The number of carbonyl (C=O) groups excluding carboxylic acids is 1. The summed E-state index contributed by atoms with van der Waals surface area (Å²) >= 11 is 1.46. The average Bonchev–Trinajstić information content (AvgIpc) is 3.47. The quantitative estimate of drug-likeness (QED) is 0.271. The lowest BCUT2D eigenvalue weighted by Crippen LogP contribution is -2.47. The Balaban J connectivity index is 1.80. The van der Waals surface area contributed by atoms with Gasteiger partial charge in [-0.05, 0) is 49.3 Å². The summed E-state index contributed by atoms with van der Waals surface area (Å²) in [5, 5.41) is 5.98. The maximum Gasteiger partial charge on any atom is 0.265 e. The molecule has 2 aromatic heterocycles. The predicted molar refractivity (Wildman–Crippen MR) is 169 cm³/mol. The van der Waals surface area contributed by atoms with Crippen molar-refractivity contribution in [2.45, 2.75) is 53.9 Å². The third kappa shape index (κ3) is 5.92. The monoisotopic (exact) mass is 568 g/mol. The van der Waals surface area contributed by atoms with Crippen molar-refractivity contribution in [1.29, 1.82) is 0 Å². The number of thiazole rings is 1. The normalized spacial score (nSPS) is 13.7. The van der Waals surface area contributed by atoms with E-state index in [1.165, 1.54) is 16.9 Å². The van der Waals surface area contributed by atoms with Crippen molar-refractivity contribution in [3.8, 4) is 27.5 Å².